The van der Waals surface area contributed by atoms with Crippen LogP contribution in [0, 0.1) is 0 Å². The van der Waals surface area contributed by atoms with Gasteiger partial charge in [-0.1, -0.05) is 12.1 Å². The maximum absolute atomic E-state index is 12.4. The number of aromatic nitrogens is 2. The Hall–Kier alpha value is -3.42. The number of hydrogen-bond acceptors (Lipinski definition) is 4. The van der Waals surface area contributed by atoms with E-state index >= 15 is 0 Å². The fourth-order valence-electron chi connectivity index (χ4n) is 2.21. The Morgan fingerprint density at radius 3 is 2.46 bits per heavy atom. The molecule has 1 heterocycles. The van der Waals surface area contributed by atoms with Crippen LogP contribution in [0.3, 0.4) is 0 Å². The minimum atomic E-state index is -4.76. The Kier molecular flexibility index (Phi) is 4.83. The number of anilines is 1. The van der Waals surface area contributed by atoms with E-state index in [0.717, 1.165) is 17.7 Å². The van der Waals surface area contributed by atoms with Crippen LogP contribution in [0.2, 0.25) is 0 Å². The van der Waals surface area contributed by atoms with Crippen molar-refractivity contribution in [3.05, 3.63) is 72.7 Å². The SMILES string of the molecule is O=C(Nc1ccc(OC(F)(F)F)cc1)c1cccc(-c2cnccn2)c1. The van der Waals surface area contributed by atoms with Crippen molar-refractivity contribution in [2.45, 2.75) is 6.36 Å². The molecule has 1 aromatic heterocycles. The van der Waals surface area contributed by atoms with E-state index in [0.29, 0.717) is 16.9 Å². The monoisotopic (exact) mass is 359 g/mol. The van der Waals surface area contributed by atoms with E-state index in [1.54, 1.807) is 42.9 Å². The minimum Gasteiger partial charge on any atom is -0.406 e. The maximum Gasteiger partial charge on any atom is 0.573 e. The number of carbonyl (C=O) groups excluding carboxylic acids is 1. The van der Waals surface area contributed by atoms with E-state index in [1.807, 2.05) is 0 Å². The van der Waals surface area contributed by atoms with Gasteiger partial charge in [-0.3, -0.25) is 14.8 Å². The number of hydrogen-bond donors (Lipinski definition) is 1. The van der Waals surface area contributed by atoms with Crippen LogP contribution in [0.1, 0.15) is 10.4 Å². The van der Waals surface area contributed by atoms with E-state index in [1.165, 1.54) is 12.1 Å². The van der Waals surface area contributed by atoms with Gasteiger partial charge in [0.1, 0.15) is 5.75 Å². The lowest BCUT2D eigenvalue weighted by molar-refractivity contribution is -0.274. The van der Waals surface area contributed by atoms with Gasteiger partial charge < -0.3 is 10.1 Å². The Labute approximate surface area is 146 Å². The molecular formula is C18H12F3N3O2. The molecule has 0 bridgehead atoms. The van der Waals surface area contributed by atoms with Gasteiger partial charge in [-0.05, 0) is 36.4 Å². The third-order valence-corrected chi connectivity index (χ3v) is 3.33. The molecule has 26 heavy (non-hydrogen) atoms. The van der Waals surface area contributed by atoms with Crippen molar-refractivity contribution in [1.82, 2.24) is 9.97 Å². The summed E-state index contributed by atoms with van der Waals surface area (Å²) in [6.07, 6.45) is -0.0825. The van der Waals surface area contributed by atoms with E-state index < -0.39 is 12.3 Å². The second-order valence-electron chi connectivity index (χ2n) is 5.20. The molecule has 8 heteroatoms. The number of carbonyl (C=O) groups is 1. The number of ether oxygens (including phenoxy) is 1. The standard InChI is InChI=1S/C18H12F3N3O2/c19-18(20,21)26-15-6-4-14(5-7-15)24-17(25)13-3-1-2-12(10-13)16-11-22-8-9-23-16/h1-11H,(H,24,25). The number of alkyl halides is 3. The summed E-state index contributed by atoms with van der Waals surface area (Å²) < 4.78 is 40.2. The molecule has 0 spiro atoms. The summed E-state index contributed by atoms with van der Waals surface area (Å²) in [4.78, 5) is 20.5. The zero-order valence-electron chi connectivity index (χ0n) is 13.2. The molecule has 1 N–H and O–H groups in total. The van der Waals surface area contributed by atoms with Crippen LogP contribution >= 0.6 is 0 Å². The summed E-state index contributed by atoms with van der Waals surface area (Å²) >= 11 is 0. The predicted octanol–water partition coefficient (Wildman–Crippen LogP) is 4.29. The number of halogens is 3. The summed E-state index contributed by atoms with van der Waals surface area (Å²) in [5.74, 6) is -0.764. The smallest absolute Gasteiger partial charge is 0.406 e. The lowest BCUT2D eigenvalue weighted by Crippen LogP contribution is -2.17. The van der Waals surface area contributed by atoms with E-state index in [9.17, 15) is 18.0 Å². The van der Waals surface area contributed by atoms with E-state index in [2.05, 4.69) is 20.0 Å². The van der Waals surface area contributed by atoms with Crippen LogP contribution in [0.5, 0.6) is 5.75 Å². The predicted molar refractivity (Wildman–Crippen MR) is 88.5 cm³/mol. The Balaban J connectivity index is 1.72. The van der Waals surface area contributed by atoms with Crippen molar-refractivity contribution >= 4 is 11.6 Å². The minimum absolute atomic E-state index is 0.342. The molecule has 0 saturated heterocycles. The van der Waals surface area contributed by atoms with Gasteiger partial charge in [0.15, 0.2) is 0 Å². The third-order valence-electron chi connectivity index (χ3n) is 3.33. The number of amides is 1. The van der Waals surface area contributed by atoms with Crippen molar-refractivity contribution in [3.8, 4) is 17.0 Å². The summed E-state index contributed by atoms with van der Waals surface area (Å²) in [5, 5.41) is 2.62. The fourth-order valence-corrected chi connectivity index (χ4v) is 2.21. The first-order valence-corrected chi connectivity index (χ1v) is 7.44. The van der Waals surface area contributed by atoms with Gasteiger partial charge in [0.2, 0.25) is 0 Å². The van der Waals surface area contributed by atoms with Gasteiger partial charge >= 0.3 is 6.36 Å². The first-order chi connectivity index (χ1) is 12.4. The summed E-state index contributed by atoms with van der Waals surface area (Å²) in [6, 6.07) is 11.7. The van der Waals surface area contributed by atoms with Crippen LogP contribution < -0.4 is 10.1 Å². The molecular weight excluding hydrogens is 347 g/mol. The molecule has 3 aromatic rings. The molecule has 5 nitrogen and oxygen atoms in total. The van der Waals surface area contributed by atoms with Gasteiger partial charge in [-0.15, -0.1) is 13.2 Å². The highest BCUT2D eigenvalue weighted by atomic mass is 19.4. The number of rotatable bonds is 4. The molecule has 0 unspecified atom stereocenters. The average molecular weight is 359 g/mol. The molecule has 0 aliphatic heterocycles. The highest BCUT2D eigenvalue weighted by Crippen LogP contribution is 2.24. The molecule has 0 atom stereocenters. The van der Waals surface area contributed by atoms with Gasteiger partial charge in [0.25, 0.3) is 5.91 Å². The van der Waals surface area contributed by atoms with Crippen LogP contribution in [0.4, 0.5) is 18.9 Å². The van der Waals surface area contributed by atoms with Crippen molar-refractivity contribution in [1.29, 1.82) is 0 Å². The van der Waals surface area contributed by atoms with Gasteiger partial charge in [-0.25, -0.2) is 0 Å². The normalized spacial score (nSPS) is 11.0. The molecule has 0 saturated carbocycles. The maximum atomic E-state index is 12.4. The summed E-state index contributed by atoms with van der Waals surface area (Å²) in [5.41, 5.74) is 2.06. The first kappa shape index (κ1) is 17.4. The zero-order chi connectivity index (χ0) is 18.6. The molecule has 0 fully saturated rings. The number of benzene rings is 2. The van der Waals surface area contributed by atoms with E-state index in [4.69, 9.17) is 0 Å². The van der Waals surface area contributed by atoms with Gasteiger partial charge in [0.05, 0.1) is 11.9 Å². The lowest BCUT2D eigenvalue weighted by atomic mass is 10.1. The highest BCUT2D eigenvalue weighted by molar-refractivity contribution is 6.04. The average Bonchev–Trinajstić information content (AvgIpc) is 2.63. The number of nitrogens with zero attached hydrogens (tertiary/aromatic N) is 2. The van der Waals surface area contributed by atoms with Crippen LogP contribution in [0.25, 0.3) is 11.3 Å². The lowest BCUT2D eigenvalue weighted by Gasteiger charge is -2.10. The molecule has 1 amide bonds. The zero-order valence-corrected chi connectivity index (χ0v) is 13.2. The van der Waals surface area contributed by atoms with E-state index in [-0.39, 0.29) is 5.75 Å². The Bertz CT molecular complexity index is 898. The number of nitrogens with one attached hydrogen (secondary N) is 1. The van der Waals surface area contributed by atoms with Crippen LogP contribution in [0.15, 0.2) is 67.1 Å². The molecule has 2 aromatic carbocycles. The second kappa shape index (κ2) is 7.22. The van der Waals surface area contributed by atoms with Crippen molar-refractivity contribution < 1.29 is 22.7 Å². The Morgan fingerprint density at radius 1 is 1.04 bits per heavy atom. The van der Waals surface area contributed by atoms with Crippen molar-refractivity contribution in [3.63, 3.8) is 0 Å². The largest absolute Gasteiger partial charge is 0.573 e. The third kappa shape index (κ3) is 4.56. The van der Waals surface area contributed by atoms with Gasteiger partial charge in [-0.2, -0.15) is 0 Å². The topological polar surface area (TPSA) is 64.1 Å². The quantitative estimate of drug-likeness (QED) is 0.755. The Morgan fingerprint density at radius 2 is 1.81 bits per heavy atom. The van der Waals surface area contributed by atoms with Gasteiger partial charge in [0, 0.05) is 29.2 Å². The fraction of sp³-hybridized carbons (Fsp3) is 0.0556. The molecule has 0 radical (unpaired) electrons. The first-order valence-electron chi connectivity index (χ1n) is 7.44. The molecule has 0 aliphatic carbocycles. The molecule has 0 aliphatic rings. The van der Waals surface area contributed by atoms with Crippen molar-refractivity contribution in [2.75, 3.05) is 5.32 Å². The van der Waals surface area contributed by atoms with Crippen molar-refractivity contribution in [2.24, 2.45) is 0 Å². The van der Waals surface area contributed by atoms with Crippen LogP contribution in [-0.2, 0) is 0 Å². The van der Waals surface area contributed by atoms with Crippen LogP contribution in [-0.4, -0.2) is 22.2 Å². The summed E-state index contributed by atoms with van der Waals surface area (Å²) in [6.45, 7) is 0. The molecule has 132 valence electrons. The second-order valence-corrected chi connectivity index (χ2v) is 5.20. The summed E-state index contributed by atoms with van der Waals surface area (Å²) in [7, 11) is 0. The molecule has 3 rings (SSSR count). The highest BCUT2D eigenvalue weighted by Gasteiger charge is 2.30.